The van der Waals surface area contributed by atoms with Crippen molar-refractivity contribution in [2.24, 2.45) is 5.41 Å². The molecule has 1 fully saturated rings. The van der Waals surface area contributed by atoms with Crippen molar-refractivity contribution < 1.29 is 13.9 Å². The van der Waals surface area contributed by atoms with Crippen LogP contribution in [0.3, 0.4) is 0 Å². The number of amides is 1. The van der Waals surface area contributed by atoms with Gasteiger partial charge in [0.15, 0.2) is 5.41 Å². The van der Waals surface area contributed by atoms with E-state index in [2.05, 4.69) is 5.32 Å². The van der Waals surface area contributed by atoms with E-state index < -0.39 is 17.1 Å². The summed E-state index contributed by atoms with van der Waals surface area (Å²) in [4.78, 5) is 11.8. The number of nitriles is 1. The Morgan fingerprint density at radius 2 is 2.29 bits per heavy atom. The molecular weight excluding hydrogens is 247 g/mol. The maximum absolute atomic E-state index is 13.4. The molecule has 1 amide bonds. The second kappa shape index (κ2) is 4.32. The van der Waals surface area contributed by atoms with E-state index in [1.165, 1.54) is 12.1 Å². The van der Waals surface area contributed by atoms with Crippen LogP contribution in [-0.2, 0) is 9.53 Å². The molecule has 1 aliphatic rings. The maximum Gasteiger partial charge on any atom is 0.249 e. The third-order valence-electron chi connectivity index (χ3n) is 2.52. The average molecular weight is 255 g/mol. The van der Waals surface area contributed by atoms with Crippen LogP contribution in [0.4, 0.5) is 10.1 Å². The van der Waals surface area contributed by atoms with E-state index in [4.69, 9.17) is 21.6 Å². The van der Waals surface area contributed by atoms with E-state index in [1.54, 1.807) is 0 Å². The van der Waals surface area contributed by atoms with E-state index in [-0.39, 0.29) is 18.9 Å². The molecule has 0 aromatic heterocycles. The zero-order valence-electron chi connectivity index (χ0n) is 8.67. The van der Waals surface area contributed by atoms with Gasteiger partial charge in [-0.1, -0.05) is 11.6 Å². The smallest absolute Gasteiger partial charge is 0.249 e. The van der Waals surface area contributed by atoms with Gasteiger partial charge in [0.05, 0.1) is 25.0 Å². The molecule has 0 unspecified atom stereocenters. The van der Waals surface area contributed by atoms with Crippen LogP contribution >= 0.6 is 11.6 Å². The van der Waals surface area contributed by atoms with Crippen molar-refractivity contribution in [2.75, 3.05) is 18.5 Å². The molecular formula is C11H8ClFN2O2. The molecule has 1 N–H and O–H groups in total. The Kier molecular flexibility index (Phi) is 3.01. The standard InChI is InChI=1S/C11H8ClFN2O2/c12-7-1-2-8(13)9(3-7)15-10(16)11(4-14)5-17-6-11/h1-3H,5-6H2,(H,15,16). The maximum atomic E-state index is 13.4. The highest BCUT2D eigenvalue weighted by atomic mass is 35.5. The van der Waals surface area contributed by atoms with Crippen LogP contribution in [0.5, 0.6) is 0 Å². The van der Waals surface area contributed by atoms with Gasteiger partial charge in [0, 0.05) is 5.02 Å². The van der Waals surface area contributed by atoms with Crippen molar-refractivity contribution >= 4 is 23.2 Å². The first kappa shape index (κ1) is 11.8. The predicted molar refractivity (Wildman–Crippen MR) is 58.9 cm³/mol. The van der Waals surface area contributed by atoms with Crippen molar-refractivity contribution in [1.29, 1.82) is 5.26 Å². The first-order valence-electron chi connectivity index (χ1n) is 4.83. The molecule has 0 saturated carbocycles. The number of nitrogens with zero attached hydrogens (tertiary/aromatic N) is 1. The molecule has 0 atom stereocenters. The van der Waals surface area contributed by atoms with Crippen molar-refractivity contribution in [1.82, 2.24) is 0 Å². The van der Waals surface area contributed by atoms with Gasteiger partial charge in [-0.25, -0.2) is 4.39 Å². The summed E-state index contributed by atoms with van der Waals surface area (Å²) in [5, 5.41) is 11.5. The number of halogens is 2. The highest BCUT2D eigenvalue weighted by Crippen LogP contribution is 2.29. The molecule has 0 bridgehead atoms. The van der Waals surface area contributed by atoms with Gasteiger partial charge in [0.2, 0.25) is 5.91 Å². The summed E-state index contributed by atoms with van der Waals surface area (Å²) >= 11 is 5.69. The molecule has 4 nitrogen and oxygen atoms in total. The number of benzene rings is 1. The van der Waals surface area contributed by atoms with Crippen molar-refractivity contribution in [3.63, 3.8) is 0 Å². The Hall–Kier alpha value is -1.64. The Morgan fingerprint density at radius 3 is 2.82 bits per heavy atom. The fraction of sp³-hybridized carbons (Fsp3) is 0.273. The van der Waals surface area contributed by atoms with Gasteiger partial charge in [-0.3, -0.25) is 4.79 Å². The third-order valence-corrected chi connectivity index (χ3v) is 2.76. The molecule has 1 aliphatic heterocycles. The molecule has 2 rings (SSSR count). The van der Waals surface area contributed by atoms with Crippen molar-refractivity contribution in [3.8, 4) is 6.07 Å². The van der Waals surface area contributed by atoms with E-state index in [1.807, 2.05) is 6.07 Å². The Balaban J connectivity index is 2.19. The predicted octanol–water partition coefficient (Wildman–Crippen LogP) is 1.96. The van der Waals surface area contributed by atoms with Gasteiger partial charge < -0.3 is 10.1 Å². The second-order valence-corrected chi connectivity index (χ2v) is 4.20. The first-order chi connectivity index (χ1) is 8.07. The Labute approximate surface area is 102 Å². The lowest BCUT2D eigenvalue weighted by atomic mass is 9.87. The van der Waals surface area contributed by atoms with Gasteiger partial charge in [0.25, 0.3) is 0 Å². The zero-order chi connectivity index (χ0) is 12.5. The number of anilines is 1. The number of hydrogen-bond acceptors (Lipinski definition) is 3. The fourth-order valence-electron chi connectivity index (χ4n) is 1.39. The lowest BCUT2D eigenvalue weighted by molar-refractivity contribution is -0.144. The van der Waals surface area contributed by atoms with Gasteiger partial charge in [-0.2, -0.15) is 5.26 Å². The molecule has 1 heterocycles. The van der Waals surface area contributed by atoms with E-state index in [9.17, 15) is 9.18 Å². The second-order valence-electron chi connectivity index (χ2n) is 3.77. The summed E-state index contributed by atoms with van der Waals surface area (Å²) in [5.41, 5.74) is -1.25. The van der Waals surface area contributed by atoms with E-state index in [0.717, 1.165) is 6.07 Å². The normalized spacial score (nSPS) is 16.8. The minimum Gasteiger partial charge on any atom is -0.377 e. The summed E-state index contributed by atoms with van der Waals surface area (Å²) in [7, 11) is 0. The highest BCUT2D eigenvalue weighted by molar-refractivity contribution is 6.30. The van der Waals surface area contributed by atoms with Crippen LogP contribution in [0, 0.1) is 22.6 Å². The molecule has 1 saturated heterocycles. The van der Waals surface area contributed by atoms with Crippen LogP contribution < -0.4 is 5.32 Å². The first-order valence-corrected chi connectivity index (χ1v) is 5.21. The van der Waals surface area contributed by atoms with Gasteiger partial charge >= 0.3 is 0 Å². The minimum absolute atomic E-state index is 0.0253. The molecule has 0 aliphatic carbocycles. The highest BCUT2D eigenvalue weighted by Gasteiger charge is 2.46. The lowest BCUT2D eigenvalue weighted by Gasteiger charge is -2.33. The molecule has 0 spiro atoms. The van der Waals surface area contributed by atoms with Crippen LogP contribution in [0.2, 0.25) is 5.02 Å². The van der Waals surface area contributed by atoms with Gasteiger partial charge in [-0.15, -0.1) is 0 Å². The topological polar surface area (TPSA) is 62.1 Å². The SMILES string of the molecule is N#CC1(C(=O)Nc2cc(Cl)ccc2F)COC1. The zero-order valence-corrected chi connectivity index (χ0v) is 9.42. The number of hydrogen-bond donors (Lipinski definition) is 1. The molecule has 1 aromatic carbocycles. The quantitative estimate of drug-likeness (QED) is 0.878. The third kappa shape index (κ3) is 2.09. The number of ether oxygens (including phenoxy) is 1. The number of carbonyl (C=O) groups excluding carboxylic acids is 1. The van der Waals surface area contributed by atoms with Crippen molar-refractivity contribution in [3.05, 3.63) is 29.0 Å². The number of nitrogens with one attached hydrogen (secondary N) is 1. The Morgan fingerprint density at radius 1 is 1.59 bits per heavy atom. The van der Waals surface area contributed by atoms with Crippen LogP contribution in [0.25, 0.3) is 0 Å². The summed E-state index contributed by atoms with van der Waals surface area (Å²) in [6.07, 6.45) is 0. The summed E-state index contributed by atoms with van der Waals surface area (Å²) in [6.45, 7) is 0.0506. The van der Waals surface area contributed by atoms with Crippen LogP contribution in [-0.4, -0.2) is 19.1 Å². The Bertz CT molecular complexity index is 509. The van der Waals surface area contributed by atoms with E-state index in [0.29, 0.717) is 5.02 Å². The fourth-order valence-corrected chi connectivity index (χ4v) is 1.56. The summed E-state index contributed by atoms with van der Waals surface area (Å²) in [5.74, 6) is -1.18. The van der Waals surface area contributed by atoms with Gasteiger partial charge in [0.1, 0.15) is 5.82 Å². The van der Waals surface area contributed by atoms with Crippen molar-refractivity contribution in [2.45, 2.75) is 0 Å². The van der Waals surface area contributed by atoms with Gasteiger partial charge in [-0.05, 0) is 18.2 Å². The van der Waals surface area contributed by atoms with Crippen LogP contribution in [0.1, 0.15) is 0 Å². The molecule has 0 radical (unpaired) electrons. The van der Waals surface area contributed by atoms with E-state index >= 15 is 0 Å². The monoisotopic (exact) mass is 254 g/mol. The molecule has 88 valence electrons. The number of carbonyl (C=O) groups is 1. The molecule has 6 heteroatoms. The molecule has 1 aromatic rings. The number of rotatable bonds is 2. The average Bonchev–Trinajstić information content (AvgIpc) is 2.23. The van der Waals surface area contributed by atoms with Crippen LogP contribution in [0.15, 0.2) is 18.2 Å². The minimum atomic E-state index is -1.21. The summed E-state index contributed by atoms with van der Waals surface area (Å²) in [6, 6.07) is 5.69. The lowest BCUT2D eigenvalue weighted by Crippen LogP contribution is -2.50. The largest absolute Gasteiger partial charge is 0.377 e. The summed E-state index contributed by atoms with van der Waals surface area (Å²) < 4.78 is 18.2. The molecule has 17 heavy (non-hydrogen) atoms.